The Balaban J connectivity index is 1.80. The third-order valence-electron chi connectivity index (χ3n) is 8.56. The lowest BCUT2D eigenvalue weighted by molar-refractivity contribution is -0.275. The third kappa shape index (κ3) is 7.54. The summed E-state index contributed by atoms with van der Waals surface area (Å²) in [6, 6.07) is 10.3. The number of halogens is 4. The van der Waals surface area contributed by atoms with Gasteiger partial charge in [-0.2, -0.15) is 0 Å². The van der Waals surface area contributed by atoms with Gasteiger partial charge in [0.1, 0.15) is 17.2 Å². The van der Waals surface area contributed by atoms with Crippen molar-refractivity contribution in [3.05, 3.63) is 63.6 Å². The molecule has 19 heteroatoms. The van der Waals surface area contributed by atoms with Gasteiger partial charge in [0.05, 0.1) is 73.9 Å². The summed E-state index contributed by atoms with van der Waals surface area (Å²) in [4.78, 5) is 32.4. The number of pyridine rings is 1. The van der Waals surface area contributed by atoms with Crippen molar-refractivity contribution < 1.29 is 32.2 Å². The van der Waals surface area contributed by atoms with Crippen LogP contribution in [0.4, 0.5) is 19.0 Å². The number of nitrogens with zero attached hydrogens (tertiary/aromatic N) is 2. The molecule has 1 aromatic heterocycles. The fourth-order valence-electron chi connectivity index (χ4n) is 5.91. The van der Waals surface area contributed by atoms with Crippen LogP contribution >= 0.6 is 15.9 Å². The first-order valence-electron chi connectivity index (χ1n) is 15.3. The zero-order valence-corrected chi connectivity index (χ0v) is 29.5. The molecule has 2 aromatic carbocycles. The molecule has 7 nitrogen and oxygen atoms in total. The first-order valence-corrected chi connectivity index (χ1v) is 16.1. The molecule has 50 heavy (non-hydrogen) atoms. The Morgan fingerprint density at radius 2 is 1.54 bits per heavy atom. The zero-order chi connectivity index (χ0) is 37.8. The van der Waals surface area contributed by atoms with Crippen LogP contribution in [0, 0.1) is 6.92 Å². The van der Waals surface area contributed by atoms with Crippen LogP contribution in [-0.2, 0) is 9.53 Å². The molecule has 1 atom stereocenters. The van der Waals surface area contributed by atoms with Gasteiger partial charge in [-0.25, -0.2) is 4.98 Å². The minimum absolute atomic E-state index is 0.00995. The van der Waals surface area contributed by atoms with Crippen molar-refractivity contribution in [2.45, 2.75) is 79.5 Å². The summed E-state index contributed by atoms with van der Waals surface area (Å²) < 4.78 is 50.4. The second kappa shape index (κ2) is 13.6. The molecule has 1 amide bonds. The number of alkyl halides is 3. The molecule has 0 bridgehead atoms. The molecule has 0 aliphatic carbocycles. The standard InChI is InChI=1S/C31H27B8BrF3N3O4/c1-15-23(19-13-17(40)10-11-20(19)45-24(15)46-29(36,37)27(32,33)28(34,35)30(46,38)39)25(48)44-14-16(9-12-22(47)50-26(2,3)4)18-7-5-6-8-21(18)49-31(41,42)43/h5-8,10-11,13,16H,9,12,14H2,1-4H3,(H,44,48). The number of hydrogen-bond donors (Lipinski definition) is 1. The quantitative estimate of drug-likeness (QED) is 0.269. The summed E-state index contributed by atoms with van der Waals surface area (Å²) in [5.41, 5.74) is -0.262. The number of carbonyl (C=O) groups is 2. The number of nitrogens with one attached hydrogen (secondary N) is 1. The van der Waals surface area contributed by atoms with E-state index in [4.69, 9.17) is 67.5 Å². The third-order valence-corrected chi connectivity index (χ3v) is 9.06. The maximum absolute atomic E-state index is 14.2. The molecule has 1 fully saturated rings. The summed E-state index contributed by atoms with van der Waals surface area (Å²) in [7, 11) is 50.6. The first-order chi connectivity index (χ1) is 22.7. The van der Waals surface area contributed by atoms with Crippen molar-refractivity contribution >= 4 is 107 Å². The van der Waals surface area contributed by atoms with E-state index in [-0.39, 0.29) is 47.4 Å². The number of fused-ring (bicyclic) bond motifs is 1. The van der Waals surface area contributed by atoms with E-state index in [1.165, 1.54) is 25.1 Å². The number of benzene rings is 2. The maximum atomic E-state index is 14.2. The van der Waals surface area contributed by atoms with Gasteiger partial charge >= 0.3 is 12.3 Å². The van der Waals surface area contributed by atoms with Crippen molar-refractivity contribution in [1.82, 2.24) is 10.3 Å². The highest BCUT2D eigenvalue weighted by molar-refractivity contribution is 9.10. The van der Waals surface area contributed by atoms with E-state index >= 15 is 0 Å². The van der Waals surface area contributed by atoms with Gasteiger partial charge in [-0.3, -0.25) is 9.59 Å². The molecule has 1 N–H and O–H groups in total. The summed E-state index contributed by atoms with van der Waals surface area (Å²) in [6.07, 6.45) is -5.19. The van der Waals surface area contributed by atoms with Gasteiger partial charge in [0.2, 0.25) is 0 Å². The van der Waals surface area contributed by atoms with Gasteiger partial charge < -0.3 is 19.7 Å². The van der Waals surface area contributed by atoms with Crippen molar-refractivity contribution in [2.24, 2.45) is 0 Å². The van der Waals surface area contributed by atoms with Crippen molar-refractivity contribution in [3.63, 3.8) is 0 Å². The van der Waals surface area contributed by atoms with Crippen LogP contribution in [0.3, 0.4) is 0 Å². The number of ether oxygens (including phenoxy) is 2. The SMILES string of the molecule is [B]C1([B])N(c2nc3ccc(Br)cc3c(C(=O)NCC(CCC(=O)OC(C)(C)C)c3ccccc3OC(F)(F)F)c2C)C([B])([B])C([B])([B])C1([B])[B]. The fourth-order valence-corrected chi connectivity index (χ4v) is 6.27. The second-order valence-corrected chi connectivity index (χ2v) is 14.4. The highest BCUT2D eigenvalue weighted by Gasteiger charge is 2.63. The van der Waals surface area contributed by atoms with Crippen LogP contribution in [0.15, 0.2) is 46.9 Å². The molecule has 0 spiro atoms. The molecule has 16 radical (unpaired) electrons. The van der Waals surface area contributed by atoms with Gasteiger partial charge in [-0.05, 0) is 74.6 Å². The van der Waals surface area contributed by atoms with E-state index in [1.54, 1.807) is 39.0 Å². The number of amides is 1. The molecule has 1 unspecified atom stereocenters. The van der Waals surface area contributed by atoms with Crippen molar-refractivity contribution in [3.8, 4) is 5.75 Å². The molecule has 3 aromatic rings. The highest BCUT2D eigenvalue weighted by Crippen LogP contribution is 2.64. The smallest absolute Gasteiger partial charge is 0.460 e. The number of anilines is 1. The predicted molar refractivity (Wildman–Crippen MR) is 197 cm³/mol. The number of carbonyl (C=O) groups excluding carboxylic acids is 2. The topological polar surface area (TPSA) is 80.8 Å². The Morgan fingerprint density at radius 1 is 0.960 bits per heavy atom. The number of aromatic nitrogens is 1. The summed E-state index contributed by atoms with van der Waals surface area (Å²) in [5, 5.41) is -6.10. The molecule has 1 saturated heterocycles. The molecule has 4 rings (SSSR count). The summed E-state index contributed by atoms with van der Waals surface area (Å²) in [6.45, 7) is 6.33. The van der Waals surface area contributed by atoms with Gasteiger partial charge in [0.15, 0.2) is 0 Å². The molecule has 0 saturated carbocycles. The molecule has 2 heterocycles. The Bertz CT molecular complexity index is 1780. The normalized spacial score (nSPS) is 18.4. The monoisotopic (exact) mass is 729 g/mol. The van der Waals surface area contributed by atoms with E-state index < -0.39 is 56.6 Å². The Labute approximate surface area is 309 Å². The van der Waals surface area contributed by atoms with Crippen LogP contribution in [0.25, 0.3) is 10.9 Å². The Kier molecular flexibility index (Phi) is 10.9. The number of hydrogen-bond acceptors (Lipinski definition) is 6. The van der Waals surface area contributed by atoms with E-state index in [1.807, 2.05) is 0 Å². The molecule has 242 valence electrons. The van der Waals surface area contributed by atoms with Gasteiger partial charge in [0, 0.05) is 34.3 Å². The van der Waals surface area contributed by atoms with Gasteiger partial charge in [-0.1, -0.05) is 34.1 Å². The lowest BCUT2D eigenvalue weighted by Crippen LogP contribution is -2.60. The van der Waals surface area contributed by atoms with Crippen LogP contribution in [0.2, 0.25) is 10.4 Å². The van der Waals surface area contributed by atoms with Gasteiger partial charge in [0.25, 0.3) is 5.91 Å². The van der Waals surface area contributed by atoms with Crippen LogP contribution < -0.4 is 15.0 Å². The summed E-state index contributed by atoms with van der Waals surface area (Å²) >= 11 is 3.40. The summed E-state index contributed by atoms with van der Waals surface area (Å²) in [5.74, 6) is -2.73. The average Bonchev–Trinajstić information content (AvgIpc) is 3.02. The second-order valence-electron chi connectivity index (χ2n) is 13.4. The maximum Gasteiger partial charge on any atom is 0.573 e. The Morgan fingerprint density at radius 3 is 2.10 bits per heavy atom. The van der Waals surface area contributed by atoms with E-state index in [0.717, 1.165) is 11.0 Å². The molecule has 1 aliphatic heterocycles. The predicted octanol–water partition coefficient (Wildman–Crippen LogP) is 3.55. The van der Waals surface area contributed by atoms with E-state index in [9.17, 15) is 22.8 Å². The van der Waals surface area contributed by atoms with Gasteiger partial charge in [-0.15, -0.1) is 23.6 Å². The lowest BCUT2D eigenvalue weighted by Gasteiger charge is -2.49. The Hall–Kier alpha value is -2.82. The minimum atomic E-state index is -5.00. The van der Waals surface area contributed by atoms with Crippen LogP contribution in [0.1, 0.15) is 61.0 Å². The molecule has 1 aliphatic rings. The molecular weight excluding hydrogens is 702 g/mol. The number of para-hydroxylation sites is 1. The van der Waals surface area contributed by atoms with Crippen LogP contribution in [0.5, 0.6) is 5.75 Å². The highest BCUT2D eigenvalue weighted by atomic mass is 79.9. The van der Waals surface area contributed by atoms with E-state index in [0.29, 0.717) is 9.86 Å². The largest absolute Gasteiger partial charge is 0.573 e. The van der Waals surface area contributed by atoms with Crippen LogP contribution in [-0.4, -0.2) is 109 Å². The first kappa shape index (κ1) is 40.0. The molecular formula is C31H27B8BrF3N3O4. The lowest BCUT2D eigenvalue weighted by atomic mass is 9.17. The number of rotatable bonds is 9. The zero-order valence-electron chi connectivity index (χ0n) is 27.9. The van der Waals surface area contributed by atoms with E-state index in [2.05, 4.69) is 31.0 Å². The average molecular weight is 729 g/mol. The number of esters is 1. The van der Waals surface area contributed by atoms with Crippen molar-refractivity contribution in [1.29, 1.82) is 0 Å². The van der Waals surface area contributed by atoms with Crippen molar-refractivity contribution in [2.75, 3.05) is 11.4 Å². The minimum Gasteiger partial charge on any atom is -0.460 e. The fraction of sp³-hybridized carbons (Fsp3) is 0.452.